The molecular weight excluding hydrogens is 218 g/mol. The normalized spacial score (nSPS) is 7.00. The van der Waals surface area contributed by atoms with E-state index in [1.807, 2.05) is 22.6 Å². The number of carboxylic acids is 1. The molecular formula is C3H6INaO2. The van der Waals surface area contributed by atoms with Crippen molar-refractivity contribution in [3.63, 3.8) is 0 Å². The van der Waals surface area contributed by atoms with Gasteiger partial charge in [0.1, 0.15) is 0 Å². The van der Waals surface area contributed by atoms with Crippen molar-refractivity contribution in [3.05, 3.63) is 0 Å². The molecule has 7 heavy (non-hydrogen) atoms. The van der Waals surface area contributed by atoms with Gasteiger partial charge in [0.05, 0.1) is 6.42 Å². The van der Waals surface area contributed by atoms with Crippen LogP contribution in [0.1, 0.15) is 6.42 Å². The predicted octanol–water partition coefficient (Wildman–Crippen LogP) is 0.248. The predicted molar refractivity (Wildman–Crippen MR) is 38.3 cm³/mol. The van der Waals surface area contributed by atoms with Crippen LogP contribution >= 0.6 is 22.6 Å². The number of hydrogen-bond donors (Lipinski definition) is 1. The quantitative estimate of drug-likeness (QED) is 0.414. The molecule has 0 unspecified atom stereocenters. The first-order valence-electron chi connectivity index (χ1n) is 1.55. The summed E-state index contributed by atoms with van der Waals surface area (Å²) in [7, 11) is 0. The first kappa shape index (κ1) is 11.1. The van der Waals surface area contributed by atoms with E-state index in [-0.39, 0.29) is 36.0 Å². The Morgan fingerprint density at radius 1 is 1.71 bits per heavy atom. The van der Waals surface area contributed by atoms with Gasteiger partial charge in [-0.05, 0) is 0 Å². The zero-order valence-corrected chi connectivity index (χ0v) is 5.31. The van der Waals surface area contributed by atoms with Gasteiger partial charge in [0.2, 0.25) is 0 Å². The second-order valence-corrected chi connectivity index (χ2v) is 1.91. The molecule has 0 heterocycles. The van der Waals surface area contributed by atoms with Crippen molar-refractivity contribution < 1.29 is 9.90 Å². The molecule has 4 heteroatoms. The molecule has 0 fully saturated rings. The molecule has 0 bridgehead atoms. The second-order valence-electron chi connectivity index (χ2n) is 0.833. The molecule has 0 aromatic rings. The van der Waals surface area contributed by atoms with Gasteiger partial charge < -0.3 is 5.11 Å². The Balaban J connectivity index is 0. The van der Waals surface area contributed by atoms with E-state index in [2.05, 4.69) is 0 Å². The summed E-state index contributed by atoms with van der Waals surface area (Å²) >= 11 is 2.02. The Labute approximate surface area is 78.1 Å². The van der Waals surface area contributed by atoms with Crippen molar-refractivity contribution in [1.82, 2.24) is 0 Å². The minimum atomic E-state index is -0.718. The Morgan fingerprint density at radius 3 is 2.14 bits per heavy atom. The van der Waals surface area contributed by atoms with Crippen LogP contribution in [0.3, 0.4) is 0 Å². The number of carbonyl (C=O) groups is 1. The van der Waals surface area contributed by atoms with Gasteiger partial charge in [-0.25, -0.2) is 0 Å². The van der Waals surface area contributed by atoms with Crippen molar-refractivity contribution in [2.75, 3.05) is 4.43 Å². The van der Waals surface area contributed by atoms with E-state index in [0.29, 0.717) is 4.43 Å². The van der Waals surface area contributed by atoms with E-state index in [9.17, 15) is 4.79 Å². The third kappa shape index (κ3) is 11.0. The average Bonchev–Trinajstić information content (AvgIpc) is 1.35. The molecule has 0 rings (SSSR count). The van der Waals surface area contributed by atoms with Gasteiger partial charge in [-0.3, -0.25) is 4.79 Å². The van der Waals surface area contributed by atoms with Gasteiger partial charge >= 0.3 is 35.5 Å². The number of rotatable bonds is 2. The molecule has 0 spiro atoms. The monoisotopic (exact) mass is 224 g/mol. The van der Waals surface area contributed by atoms with E-state index in [0.717, 1.165) is 0 Å². The third-order valence-electron chi connectivity index (χ3n) is 0.308. The summed E-state index contributed by atoms with van der Waals surface area (Å²) in [5.74, 6) is -0.718. The van der Waals surface area contributed by atoms with Crippen molar-refractivity contribution in [1.29, 1.82) is 0 Å². The fourth-order valence-corrected chi connectivity index (χ4v) is 0.542. The molecule has 0 aromatic heterocycles. The maximum absolute atomic E-state index is 9.59. The van der Waals surface area contributed by atoms with Gasteiger partial charge in [-0.2, -0.15) is 0 Å². The van der Waals surface area contributed by atoms with Gasteiger partial charge in [-0.1, -0.05) is 22.6 Å². The molecule has 0 amide bonds. The Bertz CT molecular complexity index is 56.9. The first-order chi connectivity index (χ1) is 2.77. The standard InChI is InChI=1S/C3H5IO2.Na.H/c4-2-1-3(5)6;;/h1-2H2,(H,5,6);;. The first-order valence-corrected chi connectivity index (χ1v) is 3.07. The van der Waals surface area contributed by atoms with Crippen molar-refractivity contribution in [2.24, 2.45) is 0 Å². The molecule has 0 radical (unpaired) electrons. The summed E-state index contributed by atoms with van der Waals surface area (Å²) in [5, 5.41) is 7.91. The van der Waals surface area contributed by atoms with Crippen LogP contribution in [0.4, 0.5) is 0 Å². The van der Waals surface area contributed by atoms with Crippen molar-refractivity contribution in [2.45, 2.75) is 6.42 Å². The number of halogens is 1. The fourth-order valence-electron chi connectivity index (χ4n) is 0.0808. The summed E-state index contributed by atoms with van der Waals surface area (Å²) in [5.41, 5.74) is 0. The zero-order chi connectivity index (χ0) is 4.99. The van der Waals surface area contributed by atoms with Crippen molar-refractivity contribution >= 4 is 58.1 Å². The van der Waals surface area contributed by atoms with Crippen LogP contribution in [0.5, 0.6) is 0 Å². The molecule has 0 saturated carbocycles. The third-order valence-corrected chi connectivity index (χ3v) is 0.848. The molecule has 38 valence electrons. The van der Waals surface area contributed by atoms with Crippen LogP contribution in [0.25, 0.3) is 0 Å². The number of alkyl halides is 1. The molecule has 0 aromatic carbocycles. The Morgan fingerprint density at radius 2 is 2.14 bits per heavy atom. The van der Waals surface area contributed by atoms with Crippen LogP contribution in [-0.4, -0.2) is 45.1 Å². The van der Waals surface area contributed by atoms with E-state index in [4.69, 9.17) is 5.11 Å². The molecule has 0 atom stereocenters. The van der Waals surface area contributed by atoms with E-state index in [1.165, 1.54) is 0 Å². The molecule has 0 aliphatic rings. The summed E-state index contributed by atoms with van der Waals surface area (Å²) < 4.78 is 0.701. The summed E-state index contributed by atoms with van der Waals surface area (Å²) in [6, 6.07) is 0. The number of hydrogen-bond acceptors (Lipinski definition) is 1. The molecule has 0 aliphatic heterocycles. The maximum atomic E-state index is 9.59. The van der Waals surface area contributed by atoms with Crippen molar-refractivity contribution in [3.8, 4) is 0 Å². The van der Waals surface area contributed by atoms with E-state index in [1.54, 1.807) is 0 Å². The van der Waals surface area contributed by atoms with Crippen LogP contribution in [-0.2, 0) is 4.79 Å². The molecule has 1 N–H and O–H groups in total. The van der Waals surface area contributed by atoms with Crippen LogP contribution < -0.4 is 0 Å². The summed E-state index contributed by atoms with van der Waals surface area (Å²) in [4.78, 5) is 9.59. The zero-order valence-electron chi connectivity index (χ0n) is 3.15. The second kappa shape index (κ2) is 7.20. The Hall–Kier alpha value is 1.20. The van der Waals surface area contributed by atoms with Gasteiger partial charge in [0.15, 0.2) is 0 Å². The van der Waals surface area contributed by atoms with Gasteiger partial charge in [0.25, 0.3) is 0 Å². The van der Waals surface area contributed by atoms with Crippen LogP contribution in [0.15, 0.2) is 0 Å². The number of aliphatic carboxylic acids is 1. The summed E-state index contributed by atoms with van der Waals surface area (Å²) in [6.07, 6.45) is 0.278. The molecule has 0 aliphatic carbocycles. The SMILES string of the molecule is O=C(O)CCI.[NaH]. The van der Waals surface area contributed by atoms with Gasteiger partial charge in [0, 0.05) is 4.43 Å². The summed E-state index contributed by atoms with van der Waals surface area (Å²) in [6.45, 7) is 0. The van der Waals surface area contributed by atoms with E-state index < -0.39 is 5.97 Å². The number of carboxylic acid groups (broad SMARTS) is 1. The van der Waals surface area contributed by atoms with Crippen LogP contribution in [0, 0.1) is 0 Å². The Kier molecular flexibility index (Phi) is 11.4. The average molecular weight is 224 g/mol. The molecule has 2 nitrogen and oxygen atoms in total. The minimum absolute atomic E-state index is 0. The van der Waals surface area contributed by atoms with Gasteiger partial charge in [-0.15, -0.1) is 0 Å². The fraction of sp³-hybridized carbons (Fsp3) is 0.667. The van der Waals surface area contributed by atoms with Crippen LogP contribution in [0.2, 0.25) is 0 Å². The topological polar surface area (TPSA) is 37.3 Å². The van der Waals surface area contributed by atoms with E-state index >= 15 is 0 Å². The molecule has 0 saturated heterocycles.